The van der Waals surface area contributed by atoms with Crippen molar-refractivity contribution in [3.05, 3.63) is 87.8 Å². The van der Waals surface area contributed by atoms with Crippen molar-refractivity contribution < 1.29 is 23.5 Å². The van der Waals surface area contributed by atoms with Crippen LogP contribution in [0.4, 0.5) is 0 Å². The van der Waals surface area contributed by atoms with Crippen molar-refractivity contribution in [1.82, 2.24) is 5.32 Å². The van der Waals surface area contributed by atoms with Crippen LogP contribution in [0.2, 0.25) is 0 Å². The molecule has 1 N–H and O–H groups in total. The van der Waals surface area contributed by atoms with Crippen LogP contribution in [0.3, 0.4) is 0 Å². The first-order valence-corrected chi connectivity index (χ1v) is 10.5. The molecule has 3 aromatic rings. The van der Waals surface area contributed by atoms with E-state index in [-0.39, 0.29) is 17.9 Å². The number of nitrogens with one attached hydrogen (secondary N) is 1. The summed E-state index contributed by atoms with van der Waals surface area (Å²) in [5.41, 5.74) is 0.828. The van der Waals surface area contributed by atoms with Crippen molar-refractivity contribution in [1.29, 1.82) is 5.26 Å². The lowest BCUT2D eigenvalue weighted by Crippen LogP contribution is -2.23. The van der Waals surface area contributed by atoms with Crippen molar-refractivity contribution in [2.75, 3.05) is 6.61 Å². The van der Waals surface area contributed by atoms with Crippen LogP contribution in [0.5, 0.6) is 11.5 Å². The molecule has 0 bridgehead atoms. The van der Waals surface area contributed by atoms with Crippen molar-refractivity contribution >= 4 is 33.9 Å². The highest BCUT2D eigenvalue weighted by atomic mass is 79.9. The van der Waals surface area contributed by atoms with Gasteiger partial charge in [0.2, 0.25) is 0 Å². The van der Waals surface area contributed by atoms with Gasteiger partial charge in [0.25, 0.3) is 5.91 Å². The van der Waals surface area contributed by atoms with E-state index in [1.807, 2.05) is 6.07 Å². The lowest BCUT2D eigenvalue weighted by molar-refractivity contribution is -0.117. The number of benzene rings is 2. The summed E-state index contributed by atoms with van der Waals surface area (Å²) < 4.78 is 16.9. The number of amides is 1. The van der Waals surface area contributed by atoms with Gasteiger partial charge < -0.3 is 19.2 Å². The number of esters is 1. The fourth-order valence-electron chi connectivity index (χ4n) is 2.74. The SMILES string of the molecule is CCOc1cc(/C=C(\C#N)C(=O)NCc2ccco2)ccc1OC(=O)c1ccccc1Br. The van der Waals surface area contributed by atoms with Crippen LogP contribution in [0.25, 0.3) is 6.08 Å². The Morgan fingerprint density at radius 1 is 1.16 bits per heavy atom. The highest BCUT2D eigenvalue weighted by Gasteiger charge is 2.16. The maximum atomic E-state index is 12.5. The van der Waals surface area contributed by atoms with Crippen LogP contribution in [0.1, 0.15) is 28.6 Å². The fourth-order valence-corrected chi connectivity index (χ4v) is 3.19. The van der Waals surface area contributed by atoms with Crippen LogP contribution in [0, 0.1) is 11.3 Å². The smallest absolute Gasteiger partial charge is 0.344 e. The number of nitrogens with zero attached hydrogens (tertiary/aromatic N) is 1. The van der Waals surface area contributed by atoms with Crippen LogP contribution >= 0.6 is 15.9 Å². The van der Waals surface area contributed by atoms with Gasteiger partial charge in [0, 0.05) is 4.47 Å². The summed E-state index contributed by atoms with van der Waals surface area (Å²) in [6.07, 6.45) is 2.93. The topological polar surface area (TPSA) is 102 Å². The van der Waals surface area contributed by atoms with E-state index in [0.717, 1.165) is 0 Å². The molecule has 32 heavy (non-hydrogen) atoms. The zero-order chi connectivity index (χ0) is 22.9. The molecule has 0 unspecified atom stereocenters. The lowest BCUT2D eigenvalue weighted by atomic mass is 10.1. The maximum Gasteiger partial charge on any atom is 0.344 e. The molecule has 162 valence electrons. The lowest BCUT2D eigenvalue weighted by Gasteiger charge is -2.12. The largest absolute Gasteiger partial charge is 0.490 e. The molecular weight excluding hydrogens is 476 g/mol. The Balaban J connectivity index is 1.79. The van der Waals surface area contributed by atoms with Gasteiger partial charge >= 0.3 is 5.97 Å². The molecule has 0 atom stereocenters. The second kappa shape index (κ2) is 11.0. The first-order chi connectivity index (χ1) is 15.5. The van der Waals surface area contributed by atoms with E-state index >= 15 is 0 Å². The van der Waals surface area contributed by atoms with Crippen LogP contribution in [0.15, 0.2) is 75.3 Å². The Hall–Kier alpha value is -3.83. The molecule has 0 radical (unpaired) electrons. The normalized spacial score (nSPS) is 10.8. The zero-order valence-corrected chi connectivity index (χ0v) is 18.7. The van der Waals surface area contributed by atoms with Gasteiger partial charge in [0.05, 0.1) is 25.0 Å². The molecule has 0 fully saturated rings. The number of ether oxygens (including phenoxy) is 2. The summed E-state index contributed by atoms with van der Waals surface area (Å²) in [6, 6.07) is 17.0. The van der Waals surface area contributed by atoms with E-state index in [1.54, 1.807) is 61.5 Å². The van der Waals surface area contributed by atoms with Gasteiger partial charge in [-0.15, -0.1) is 0 Å². The number of hydrogen-bond donors (Lipinski definition) is 1. The summed E-state index contributed by atoms with van der Waals surface area (Å²) in [4.78, 5) is 24.9. The molecule has 0 aliphatic heterocycles. The van der Waals surface area contributed by atoms with Gasteiger partial charge in [-0.3, -0.25) is 4.79 Å². The Morgan fingerprint density at radius 3 is 2.66 bits per heavy atom. The van der Waals surface area contributed by atoms with Gasteiger partial charge in [-0.25, -0.2) is 4.79 Å². The minimum atomic E-state index is -0.545. The third-order valence-corrected chi connectivity index (χ3v) is 4.93. The van der Waals surface area contributed by atoms with E-state index < -0.39 is 11.9 Å². The van der Waals surface area contributed by atoms with E-state index in [1.165, 1.54) is 12.3 Å². The number of halogens is 1. The molecule has 0 aliphatic carbocycles. The highest BCUT2D eigenvalue weighted by molar-refractivity contribution is 9.10. The van der Waals surface area contributed by atoms with Gasteiger partial charge in [-0.05, 0) is 70.9 Å². The van der Waals surface area contributed by atoms with Crippen LogP contribution < -0.4 is 14.8 Å². The predicted octanol–water partition coefficient (Wildman–Crippen LogP) is 4.88. The molecule has 0 saturated carbocycles. The van der Waals surface area contributed by atoms with Crippen molar-refractivity contribution in [2.45, 2.75) is 13.5 Å². The predicted molar refractivity (Wildman–Crippen MR) is 121 cm³/mol. The number of rotatable bonds is 8. The van der Waals surface area contributed by atoms with Gasteiger partial charge in [0.15, 0.2) is 11.5 Å². The van der Waals surface area contributed by atoms with Crippen molar-refractivity contribution in [3.63, 3.8) is 0 Å². The number of furan rings is 1. The molecule has 3 rings (SSSR count). The molecule has 1 heterocycles. The molecule has 8 heteroatoms. The van der Waals surface area contributed by atoms with E-state index in [0.29, 0.717) is 33.7 Å². The maximum absolute atomic E-state index is 12.5. The summed E-state index contributed by atoms with van der Waals surface area (Å²) >= 11 is 3.33. The van der Waals surface area contributed by atoms with E-state index in [9.17, 15) is 14.9 Å². The van der Waals surface area contributed by atoms with Crippen molar-refractivity contribution in [2.24, 2.45) is 0 Å². The summed E-state index contributed by atoms with van der Waals surface area (Å²) in [5.74, 6) is 0.0361. The summed E-state index contributed by atoms with van der Waals surface area (Å²) in [5, 5.41) is 12.0. The molecular formula is C24H19BrN2O5. The van der Waals surface area contributed by atoms with Gasteiger partial charge in [-0.2, -0.15) is 5.26 Å². The second-order valence-corrected chi connectivity index (χ2v) is 7.29. The monoisotopic (exact) mass is 494 g/mol. The fraction of sp³-hybridized carbons (Fsp3) is 0.125. The number of carbonyl (C=O) groups is 2. The molecule has 7 nitrogen and oxygen atoms in total. The third kappa shape index (κ3) is 5.86. The minimum absolute atomic E-state index is 0.0861. The average molecular weight is 495 g/mol. The van der Waals surface area contributed by atoms with Crippen LogP contribution in [-0.4, -0.2) is 18.5 Å². The van der Waals surface area contributed by atoms with Gasteiger partial charge in [-0.1, -0.05) is 18.2 Å². The van der Waals surface area contributed by atoms with Gasteiger partial charge in [0.1, 0.15) is 17.4 Å². The minimum Gasteiger partial charge on any atom is -0.490 e. The molecule has 1 amide bonds. The Kier molecular flexibility index (Phi) is 7.84. The van der Waals surface area contributed by atoms with E-state index in [2.05, 4.69) is 21.2 Å². The number of hydrogen-bond acceptors (Lipinski definition) is 6. The summed E-state index contributed by atoms with van der Waals surface area (Å²) in [7, 11) is 0. The first-order valence-electron chi connectivity index (χ1n) is 9.67. The Bertz CT molecular complexity index is 1180. The van der Waals surface area contributed by atoms with Crippen LogP contribution in [-0.2, 0) is 11.3 Å². The number of carbonyl (C=O) groups excluding carboxylic acids is 2. The second-order valence-electron chi connectivity index (χ2n) is 6.44. The Morgan fingerprint density at radius 2 is 1.97 bits per heavy atom. The standard InChI is InChI=1S/C24H19BrN2O5/c1-2-30-22-13-16(12-17(14-26)23(28)27-15-18-6-5-11-31-18)9-10-21(22)32-24(29)19-7-3-4-8-20(19)25/h3-13H,2,15H2,1H3,(H,27,28)/b17-12+. The quantitative estimate of drug-likeness (QED) is 0.207. The summed E-state index contributed by atoms with van der Waals surface area (Å²) in [6.45, 7) is 2.30. The zero-order valence-electron chi connectivity index (χ0n) is 17.1. The molecule has 1 aromatic heterocycles. The van der Waals surface area contributed by atoms with E-state index in [4.69, 9.17) is 13.9 Å². The average Bonchev–Trinajstić information content (AvgIpc) is 3.31. The van der Waals surface area contributed by atoms with Crippen molar-refractivity contribution in [3.8, 4) is 17.6 Å². The molecule has 0 aliphatic rings. The number of nitriles is 1. The molecule has 0 spiro atoms. The Labute approximate surface area is 193 Å². The third-order valence-electron chi connectivity index (χ3n) is 4.24. The highest BCUT2D eigenvalue weighted by Crippen LogP contribution is 2.31. The molecule has 2 aromatic carbocycles. The molecule has 0 saturated heterocycles. The first kappa shape index (κ1) is 22.8.